The number of hydrogen-bond donors (Lipinski definition) is 0. The Morgan fingerprint density at radius 1 is 1.00 bits per heavy atom. The predicted molar refractivity (Wildman–Crippen MR) is 72.9 cm³/mol. The van der Waals surface area contributed by atoms with E-state index in [9.17, 15) is 8.78 Å². The van der Waals surface area contributed by atoms with Crippen LogP contribution in [0, 0.1) is 18.6 Å². The van der Waals surface area contributed by atoms with Crippen LogP contribution in [0.2, 0.25) is 5.02 Å². The summed E-state index contributed by atoms with van der Waals surface area (Å²) in [5, 5.41) is 0.827. The largest absolute Gasteiger partial charge is 0.311 e. The number of halogens is 3. The van der Waals surface area contributed by atoms with E-state index in [-0.39, 0.29) is 10.8 Å². The Morgan fingerprint density at radius 2 is 1.79 bits per heavy atom. The highest BCUT2D eigenvalue weighted by Crippen LogP contribution is 2.28. The van der Waals surface area contributed by atoms with Crippen molar-refractivity contribution in [1.82, 2.24) is 4.57 Å². The van der Waals surface area contributed by atoms with E-state index >= 15 is 0 Å². The lowest BCUT2D eigenvalue weighted by Crippen LogP contribution is -1.98. The first-order valence-corrected chi connectivity index (χ1v) is 6.18. The van der Waals surface area contributed by atoms with Gasteiger partial charge in [0, 0.05) is 16.8 Å². The lowest BCUT2D eigenvalue weighted by molar-refractivity contribution is 0.627. The van der Waals surface area contributed by atoms with Gasteiger partial charge in [0.25, 0.3) is 0 Å². The minimum absolute atomic E-state index is 0.0232. The Bertz CT molecular complexity index is 777. The molecule has 0 spiro atoms. The third-order valence-electron chi connectivity index (χ3n) is 3.12. The monoisotopic (exact) mass is 277 g/mol. The van der Waals surface area contributed by atoms with Gasteiger partial charge in [-0.2, -0.15) is 0 Å². The van der Waals surface area contributed by atoms with Crippen LogP contribution >= 0.6 is 11.6 Å². The summed E-state index contributed by atoms with van der Waals surface area (Å²) in [6, 6.07) is 11.2. The van der Waals surface area contributed by atoms with Crippen LogP contribution in [-0.4, -0.2) is 4.57 Å². The summed E-state index contributed by atoms with van der Waals surface area (Å²) in [6.45, 7) is 1.87. The highest BCUT2D eigenvalue weighted by Gasteiger charge is 2.12. The van der Waals surface area contributed by atoms with E-state index in [2.05, 4.69) is 0 Å². The van der Waals surface area contributed by atoms with Crippen molar-refractivity contribution < 1.29 is 8.78 Å². The van der Waals surface area contributed by atoms with E-state index in [1.54, 1.807) is 16.7 Å². The molecule has 0 saturated carbocycles. The van der Waals surface area contributed by atoms with Gasteiger partial charge in [-0.1, -0.05) is 23.7 Å². The van der Waals surface area contributed by atoms with Crippen molar-refractivity contribution in [3.63, 3.8) is 0 Å². The van der Waals surface area contributed by atoms with Gasteiger partial charge in [-0.05, 0) is 37.3 Å². The highest BCUT2D eigenvalue weighted by atomic mass is 35.5. The second kappa shape index (κ2) is 4.35. The molecule has 0 amide bonds. The van der Waals surface area contributed by atoms with Crippen LogP contribution in [0.15, 0.2) is 42.5 Å². The molecule has 0 aliphatic carbocycles. The summed E-state index contributed by atoms with van der Waals surface area (Å²) >= 11 is 5.79. The number of benzene rings is 2. The van der Waals surface area contributed by atoms with Gasteiger partial charge in [-0.25, -0.2) is 8.78 Å². The maximum absolute atomic E-state index is 14.0. The fraction of sp³-hybridized carbons (Fsp3) is 0.0667. The molecular formula is C15H10ClF2N. The molecule has 0 aliphatic heterocycles. The van der Waals surface area contributed by atoms with Crippen molar-refractivity contribution >= 4 is 22.5 Å². The van der Waals surface area contributed by atoms with E-state index in [1.165, 1.54) is 18.2 Å². The van der Waals surface area contributed by atoms with E-state index in [0.29, 0.717) is 11.2 Å². The number of para-hydroxylation sites is 1. The molecule has 0 saturated heterocycles. The van der Waals surface area contributed by atoms with Crippen LogP contribution in [0.5, 0.6) is 0 Å². The third kappa shape index (κ3) is 1.90. The van der Waals surface area contributed by atoms with Crippen molar-refractivity contribution in [2.24, 2.45) is 0 Å². The third-order valence-corrected chi connectivity index (χ3v) is 3.41. The van der Waals surface area contributed by atoms with Gasteiger partial charge in [0.05, 0.1) is 10.5 Å². The Balaban J connectivity index is 2.35. The number of aryl methyl sites for hydroxylation is 1. The van der Waals surface area contributed by atoms with Crippen molar-refractivity contribution in [2.75, 3.05) is 0 Å². The first-order chi connectivity index (χ1) is 9.08. The average Bonchev–Trinajstić information content (AvgIpc) is 2.70. The molecule has 0 atom stereocenters. The number of nitrogens with zero attached hydrogens (tertiary/aromatic N) is 1. The molecule has 1 nitrogen and oxygen atoms in total. The summed E-state index contributed by atoms with van der Waals surface area (Å²) in [7, 11) is 0. The Kier molecular flexibility index (Phi) is 2.79. The summed E-state index contributed by atoms with van der Waals surface area (Å²) in [6.07, 6.45) is 0. The van der Waals surface area contributed by atoms with Gasteiger partial charge in [0.2, 0.25) is 0 Å². The quantitative estimate of drug-likeness (QED) is 0.598. The van der Waals surface area contributed by atoms with E-state index in [1.807, 2.05) is 19.1 Å². The number of aromatic nitrogens is 1. The molecule has 0 bridgehead atoms. The van der Waals surface area contributed by atoms with E-state index < -0.39 is 5.82 Å². The summed E-state index contributed by atoms with van der Waals surface area (Å²) < 4.78 is 28.9. The minimum Gasteiger partial charge on any atom is -0.311 e. The molecule has 0 fully saturated rings. The van der Waals surface area contributed by atoms with Crippen LogP contribution in [0.4, 0.5) is 8.78 Å². The Hall–Kier alpha value is -1.87. The number of hydrogen-bond acceptors (Lipinski definition) is 0. The molecule has 2 aromatic carbocycles. The van der Waals surface area contributed by atoms with Gasteiger partial charge in [-0.15, -0.1) is 0 Å². The van der Waals surface area contributed by atoms with Gasteiger partial charge >= 0.3 is 0 Å². The van der Waals surface area contributed by atoms with Crippen LogP contribution in [0.25, 0.3) is 16.6 Å². The normalized spacial score (nSPS) is 11.2. The molecule has 3 rings (SSSR count). The minimum atomic E-state index is -0.486. The molecule has 0 radical (unpaired) electrons. The van der Waals surface area contributed by atoms with E-state index in [0.717, 1.165) is 11.1 Å². The molecule has 19 heavy (non-hydrogen) atoms. The highest BCUT2D eigenvalue weighted by molar-refractivity contribution is 6.30. The Morgan fingerprint density at radius 3 is 2.53 bits per heavy atom. The summed E-state index contributed by atoms with van der Waals surface area (Å²) in [5.41, 5.74) is 1.98. The molecule has 3 aromatic rings. The van der Waals surface area contributed by atoms with Crippen molar-refractivity contribution in [2.45, 2.75) is 6.92 Å². The maximum Gasteiger partial charge on any atom is 0.147 e. The van der Waals surface area contributed by atoms with Crippen molar-refractivity contribution in [3.8, 4) is 5.69 Å². The van der Waals surface area contributed by atoms with Gasteiger partial charge in [0.1, 0.15) is 11.6 Å². The van der Waals surface area contributed by atoms with Gasteiger partial charge in [0.15, 0.2) is 0 Å². The standard InChI is InChI=1S/C15H10ClF2N/c1-9-7-10-3-2-4-14(18)15(10)19(9)11-5-6-13(17)12(16)8-11/h2-8H,1H3. The van der Waals surface area contributed by atoms with Crippen LogP contribution in [0.1, 0.15) is 5.69 Å². The maximum atomic E-state index is 14.0. The molecule has 0 N–H and O–H groups in total. The second-order valence-electron chi connectivity index (χ2n) is 4.40. The molecule has 0 unspecified atom stereocenters. The zero-order valence-corrected chi connectivity index (χ0v) is 10.9. The van der Waals surface area contributed by atoms with E-state index in [4.69, 9.17) is 11.6 Å². The number of fused-ring (bicyclic) bond motifs is 1. The molecule has 96 valence electrons. The van der Waals surface area contributed by atoms with Crippen LogP contribution in [0.3, 0.4) is 0 Å². The Labute approximate surface area is 114 Å². The second-order valence-corrected chi connectivity index (χ2v) is 4.80. The smallest absolute Gasteiger partial charge is 0.147 e. The molecular weight excluding hydrogens is 268 g/mol. The average molecular weight is 278 g/mol. The first-order valence-electron chi connectivity index (χ1n) is 5.80. The zero-order chi connectivity index (χ0) is 13.6. The predicted octanol–water partition coefficient (Wildman–Crippen LogP) is 4.87. The fourth-order valence-electron chi connectivity index (χ4n) is 2.31. The summed E-state index contributed by atoms with van der Waals surface area (Å²) in [4.78, 5) is 0. The van der Waals surface area contributed by atoms with Crippen molar-refractivity contribution in [3.05, 3.63) is 64.8 Å². The molecule has 0 aliphatic rings. The lowest BCUT2D eigenvalue weighted by Gasteiger charge is -2.09. The fourth-order valence-corrected chi connectivity index (χ4v) is 2.48. The van der Waals surface area contributed by atoms with Crippen LogP contribution < -0.4 is 0 Å². The number of rotatable bonds is 1. The first kappa shape index (κ1) is 12.2. The lowest BCUT2D eigenvalue weighted by atomic mass is 10.2. The van der Waals surface area contributed by atoms with Gasteiger partial charge < -0.3 is 4.57 Å². The van der Waals surface area contributed by atoms with Crippen LogP contribution in [-0.2, 0) is 0 Å². The molecule has 1 aromatic heterocycles. The molecule has 4 heteroatoms. The SMILES string of the molecule is Cc1cc2cccc(F)c2n1-c1ccc(F)c(Cl)c1. The van der Waals surface area contributed by atoms with Gasteiger partial charge in [-0.3, -0.25) is 0 Å². The van der Waals surface area contributed by atoms with Crippen molar-refractivity contribution in [1.29, 1.82) is 0 Å². The molecule has 1 heterocycles. The zero-order valence-electron chi connectivity index (χ0n) is 10.1. The summed E-state index contributed by atoms with van der Waals surface area (Å²) in [5.74, 6) is -0.800. The topological polar surface area (TPSA) is 4.93 Å².